The second-order valence-electron chi connectivity index (χ2n) is 10.2. The minimum absolute atomic E-state index is 0.0443. The van der Waals surface area contributed by atoms with Crippen LogP contribution in [0.1, 0.15) is 79.0 Å². The molecule has 4 rings (SSSR count). The molecule has 0 fully saturated rings. The number of benzene rings is 3. The molecule has 44 heavy (non-hydrogen) atoms. The fourth-order valence-electron chi connectivity index (χ4n) is 4.78. The fourth-order valence-corrected chi connectivity index (χ4v) is 5.01. The van der Waals surface area contributed by atoms with Gasteiger partial charge in [-0.1, -0.05) is 87.5 Å². The van der Waals surface area contributed by atoms with Gasteiger partial charge in [-0.3, -0.25) is 4.79 Å². The average Bonchev–Trinajstić information content (AvgIpc) is 3.01. The van der Waals surface area contributed by atoms with Gasteiger partial charge in [0.05, 0.1) is 5.41 Å². The van der Waals surface area contributed by atoms with Gasteiger partial charge in [-0.15, -0.1) is 0 Å². The number of anilines is 1. The standard InChI is InChI=1S/C26H26ClN3O3.C8H9F.C2H6/c1-15-13-20(27)10-11-21(15)16(2)25-29-17(3)23(24(28)30-25)26(4,14-31)19-8-5-18(6-9-19)7-12-22(32)33;1-2-7-5-3-4-6-8(7)9;1-2/h5-6,8-11,13-14H,2,7,12H2,1,3-4H3,(H,32,33)(H2,28,29,30);3-6H,2H2,1H3;1-2H3/t26-;;/m0../s1. The van der Waals surface area contributed by atoms with Gasteiger partial charge < -0.3 is 15.6 Å². The van der Waals surface area contributed by atoms with Crippen LogP contribution in [-0.4, -0.2) is 27.3 Å². The van der Waals surface area contributed by atoms with Crippen LogP contribution in [0.3, 0.4) is 0 Å². The van der Waals surface area contributed by atoms with E-state index in [2.05, 4.69) is 16.5 Å². The first kappa shape index (κ1) is 35.8. The van der Waals surface area contributed by atoms with E-state index in [1.165, 1.54) is 6.07 Å². The van der Waals surface area contributed by atoms with Gasteiger partial charge >= 0.3 is 5.97 Å². The number of hydrogen-bond donors (Lipinski definition) is 2. The van der Waals surface area contributed by atoms with Crippen molar-refractivity contribution in [3.05, 3.63) is 129 Å². The maximum atomic E-state index is 12.6. The molecular formula is C36H41ClFN3O3. The van der Waals surface area contributed by atoms with Crippen LogP contribution in [0.15, 0.2) is 73.3 Å². The molecule has 0 saturated heterocycles. The SMILES string of the molecule is C=C(c1nc(C)c([C@@](C)(C=O)c2ccc(CCC(=O)O)cc2)c(N)n1)c1ccc(Cl)cc1C.CC.CCc1ccccc1F. The third kappa shape index (κ3) is 8.83. The highest BCUT2D eigenvalue weighted by Crippen LogP contribution is 2.36. The van der Waals surface area contributed by atoms with Crippen LogP contribution in [0.5, 0.6) is 0 Å². The third-order valence-corrected chi connectivity index (χ3v) is 7.41. The van der Waals surface area contributed by atoms with Crippen LogP contribution >= 0.6 is 11.6 Å². The number of rotatable bonds is 9. The molecule has 0 saturated carbocycles. The number of nitrogens with two attached hydrogens (primary N) is 1. The van der Waals surface area contributed by atoms with Gasteiger partial charge in [-0.25, -0.2) is 14.4 Å². The quantitative estimate of drug-likeness (QED) is 0.183. The highest BCUT2D eigenvalue weighted by molar-refractivity contribution is 6.30. The molecule has 0 spiro atoms. The number of carboxylic acids is 1. The fraction of sp³-hybridized carbons (Fsp3) is 0.278. The van der Waals surface area contributed by atoms with E-state index in [1.54, 1.807) is 32.0 Å². The van der Waals surface area contributed by atoms with Gasteiger partial charge in [0.2, 0.25) is 0 Å². The highest BCUT2D eigenvalue weighted by Gasteiger charge is 2.34. The number of hydrogen-bond acceptors (Lipinski definition) is 5. The first-order chi connectivity index (χ1) is 20.9. The molecule has 1 heterocycles. The zero-order valence-corrected chi connectivity index (χ0v) is 27.0. The summed E-state index contributed by atoms with van der Waals surface area (Å²) >= 11 is 6.06. The summed E-state index contributed by atoms with van der Waals surface area (Å²) < 4.78 is 12.6. The van der Waals surface area contributed by atoms with Crippen molar-refractivity contribution < 1.29 is 19.1 Å². The van der Waals surface area contributed by atoms with E-state index in [9.17, 15) is 14.0 Å². The molecule has 3 aromatic carbocycles. The third-order valence-electron chi connectivity index (χ3n) is 7.18. The second kappa shape index (κ2) is 16.5. The summed E-state index contributed by atoms with van der Waals surface area (Å²) in [6, 6.07) is 19.6. The van der Waals surface area contributed by atoms with E-state index < -0.39 is 11.4 Å². The van der Waals surface area contributed by atoms with Crippen LogP contribution in [0.4, 0.5) is 10.2 Å². The Kier molecular flexibility index (Phi) is 13.4. The summed E-state index contributed by atoms with van der Waals surface area (Å²) in [7, 11) is 0. The number of aromatic nitrogens is 2. The molecule has 0 amide bonds. The van der Waals surface area contributed by atoms with Crippen LogP contribution in [0.25, 0.3) is 5.57 Å². The Labute approximate surface area is 264 Å². The predicted molar refractivity (Wildman–Crippen MR) is 178 cm³/mol. The number of aldehydes is 1. The Morgan fingerprint density at radius 2 is 1.70 bits per heavy atom. The minimum atomic E-state index is -1.07. The molecule has 6 nitrogen and oxygen atoms in total. The summed E-state index contributed by atoms with van der Waals surface area (Å²) in [5, 5.41) is 9.51. The lowest BCUT2D eigenvalue weighted by molar-refractivity contribution is -0.137. The number of aliphatic carboxylic acids is 1. The van der Waals surface area contributed by atoms with Crippen molar-refractivity contribution in [1.82, 2.24) is 9.97 Å². The van der Waals surface area contributed by atoms with E-state index in [1.807, 2.05) is 70.2 Å². The lowest BCUT2D eigenvalue weighted by Crippen LogP contribution is -2.29. The molecule has 0 aliphatic rings. The predicted octanol–water partition coefficient (Wildman–Crippen LogP) is 8.33. The van der Waals surface area contributed by atoms with Gasteiger partial charge in [0.25, 0.3) is 0 Å². The van der Waals surface area contributed by atoms with E-state index in [4.69, 9.17) is 22.4 Å². The van der Waals surface area contributed by atoms with Crippen molar-refractivity contribution in [1.29, 1.82) is 0 Å². The Bertz CT molecular complexity index is 1580. The van der Waals surface area contributed by atoms with Gasteiger partial charge in [-0.05, 0) is 79.6 Å². The zero-order chi connectivity index (χ0) is 33.0. The molecule has 232 valence electrons. The zero-order valence-electron chi connectivity index (χ0n) is 26.2. The maximum Gasteiger partial charge on any atom is 0.303 e. The van der Waals surface area contributed by atoms with Crippen LogP contribution in [-0.2, 0) is 27.8 Å². The number of carbonyl (C=O) groups excluding carboxylic acids is 1. The largest absolute Gasteiger partial charge is 0.481 e. The molecule has 4 aromatic rings. The lowest BCUT2D eigenvalue weighted by atomic mass is 9.76. The summed E-state index contributed by atoms with van der Waals surface area (Å²) in [6.45, 7) is 15.6. The number of carboxylic acid groups (broad SMARTS) is 1. The first-order valence-electron chi connectivity index (χ1n) is 14.5. The van der Waals surface area contributed by atoms with Crippen LogP contribution < -0.4 is 5.73 Å². The van der Waals surface area contributed by atoms with Gasteiger partial charge in [0, 0.05) is 28.3 Å². The Balaban J connectivity index is 0.000000519. The molecular weight excluding hydrogens is 577 g/mol. The van der Waals surface area contributed by atoms with Crippen molar-refractivity contribution in [2.75, 3.05) is 5.73 Å². The average molecular weight is 618 g/mol. The van der Waals surface area contributed by atoms with Gasteiger partial charge in [0.1, 0.15) is 17.9 Å². The molecule has 3 N–H and O–H groups in total. The Hall–Kier alpha value is -4.36. The van der Waals surface area contributed by atoms with Crippen molar-refractivity contribution in [2.45, 2.75) is 66.2 Å². The van der Waals surface area contributed by atoms with Crippen LogP contribution in [0.2, 0.25) is 5.02 Å². The minimum Gasteiger partial charge on any atom is -0.481 e. The summed E-state index contributed by atoms with van der Waals surface area (Å²) in [5.74, 6) is -0.362. The molecule has 0 bridgehead atoms. The molecule has 1 atom stereocenters. The number of carbonyl (C=O) groups is 2. The van der Waals surface area contributed by atoms with Gasteiger partial charge in [0.15, 0.2) is 5.82 Å². The van der Waals surface area contributed by atoms with E-state index in [0.717, 1.165) is 40.5 Å². The van der Waals surface area contributed by atoms with Crippen molar-refractivity contribution >= 4 is 35.2 Å². The number of nitrogen functional groups attached to an aromatic ring is 1. The Morgan fingerprint density at radius 1 is 1.07 bits per heavy atom. The monoisotopic (exact) mass is 617 g/mol. The summed E-state index contributed by atoms with van der Waals surface area (Å²) in [4.78, 5) is 32.3. The topological polar surface area (TPSA) is 106 Å². The van der Waals surface area contributed by atoms with Crippen molar-refractivity contribution in [3.63, 3.8) is 0 Å². The molecule has 8 heteroatoms. The summed E-state index contributed by atoms with van der Waals surface area (Å²) in [6.07, 6.45) is 2.06. The van der Waals surface area contributed by atoms with Crippen LogP contribution in [0, 0.1) is 19.7 Å². The molecule has 0 radical (unpaired) electrons. The summed E-state index contributed by atoms with van der Waals surface area (Å²) in [5.41, 5.74) is 11.2. The molecule has 0 aliphatic heterocycles. The Morgan fingerprint density at radius 3 is 2.20 bits per heavy atom. The van der Waals surface area contributed by atoms with Crippen molar-refractivity contribution in [3.8, 4) is 0 Å². The number of halogens is 2. The molecule has 1 aromatic heterocycles. The van der Waals surface area contributed by atoms with Gasteiger partial charge in [-0.2, -0.15) is 0 Å². The lowest BCUT2D eigenvalue weighted by Gasteiger charge is -2.27. The highest BCUT2D eigenvalue weighted by atomic mass is 35.5. The second-order valence-corrected chi connectivity index (χ2v) is 10.6. The smallest absolute Gasteiger partial charge is 0.303 e. The molecule has 0 unspecified atom stereocenters. The molecule has 0 aliphatic carbocycles. The van der Waals surface area contributed by atoms with E-state index in [0.29, 0.717) is 34.1 Å². The van der Waals surface area contributed by atoms with E-state index >= 15 is 0 Å². The van der Waals surface area contributed by atoms with Crippen molar-refractivity contribution in [2.24, 2.45) is 0 Å². The first-order valence-corrected chi connectivity index (χ1v) is 14.9. The maximum absolute atomic E-state index is 12.6. The number of aryl methyl sites for hydroxylation is 4. The van der Waals surface area contributed by atoms with E-state index in [-0.39, 0.29) is 18.1 Å². The normalized spacial score (nSPS) is 11.6. The number of nitrogens with zero attached hydrogens (tertiary/aromatic N) is 2.